The van der Waals surface area contributed by atoms with E-state index >= 15 is 0 Å². The van der Waals surface area contributed by atoms with Crippen LogP contribution >= 0.6 is 11.6 Å². The lowest BCUT2D eigenvalue weighted by Gasteiger charge is -2.22. The van der Waals surface area contributed by atoms with E-state index in [-0.39, 0.29) is 29.2 Å². The van der Waals surface area contributed by atoms with E-state index in [2.05, 4.69) is 5.32 Å². The van der Waals surface area contributed by atoms with Crippen LogP contribution in [-0.2, 0) is 4.79 Å². The van der Waals surface area contributed by atoms with E-state index < -0.39 is 4.92 Å². The van der Waals surface area contributed by atoms with Crippen LogP contribution in [0.4, 0.5) is 11.4 Å². The number of benzene rings is 2. The molecule has 0 aliphatic heterocycles. The molecule has 7 nitrogen and oxygen atoms in total. The number of carbonyl (C=O) groups is 1. The Kier molecular flexibility index (Phi) is 5.43. The lowest BCUT2D eigenvalue weighted by atomic mass is 10.2. The number of hydrogen-bond acceptors (Lipinski definition) is 5. The standard InChI is InChI=1S/C19H18ClN3O4/c1-12(18-9-13-5-3-4-6-17(13)27-18)22(2)11-19(24)21-14-7-8-15(20)16(10-14)23(25)26/h3-10,12H,11H2,1-2H3,(H,21,24). The summed E-state index contributed by atoms with van der Waals surface area (Å²) in [5, 5.41) is 14.6. The minimum atomic E-state index is -0.590. The Morgan fingerprint density at radius 3 is 2.74 bits per heavy atom. The number of rotatable bonds is 6. The molecule has 1 heterocycles. The Morgan fingerprint density at radius 2 is 2.04 bits per heavy atom. The van der Waals surface area contributed by atoms with E-state index in [0.29, 0.717) is 5.69 Å². The third-order valence-corrected chi connectivity index (χ3v) is 4.66. The Balaban J connectivity index is 1.66. The number of nitro groups is 1. The first-order valence-corrected chi connectivity index (χ1v) is 8.65. The summed E-state index contributed by atoms with van der Waals surface area (Å²) < 4.78 is 5.84. The van der Waals surface area contributed by atoms with Gasteiger partial charge < -0.3 is 9.73 Å². The normalized spacial score (nSPS) is 12.3. The van der Waals surface area contributed by atoms with Crippen molar-refractivity contribution < 1.29 is 14.1 Å². The maximum Gasteiger partial charge on any atom is 0.289 e. The first-order chi connectivity index (χ1) is 12.8. The predicted molar refractivity (Wildman–Crippen MR) is 104 cm³/mol. The van der Waals surface area contributed by atoms with Crippen molar-refractivity contribution in [3.63, 3.8) is 0 Å². The lowest BCUT2D eigenvalue weighted by molar-refractivity contribution is -0.384. The zero-order valence-corrected chi connectivity index (χ0v) is 15.6. The second-order valence-corrected chi connectivity index (χ2v) is 6.66. The van der Waals surface area contributed by atoms with Crippen LogP contribution in [0, 0.1) is 10.1 Å². The fraction of sp³-hybridized carbons (Fsp3) is 0.211. The maximum atomic E-state index is 12.3. The van der Waals surface area contributed by atoms with Gasteiger partial charge in [0.25, 0.3) is 5.69 Å². The van der Waals surface area contributed by atoms with Crippen LogP contribution in [-0.4, -0.2) is 29.3 Å². The highest BCUT2D eigenvalue weighted by Crippen LogP contribution is 2.28. The van der Waals surface area contributed by atoms with Gasteiger partial charge in [-0.05, 0) is 38.2 Å². The van der Waals surface area contributed by atoms with Crippen LogP contribution in [0.3, 0.4) is 0 Å². The zero-order valence-electron chi connectivity index (χ0n) is 14.8. The van der Waals surface area contributed by atoms with Crippen LogP contribution in [0.1, 0.15) is 18.7 Å². The Hall–Kier alpha value is -2.90. The summed E-state index contributed by atoms with van der Waals surface area (Å²) >= 11 is 5.78. The third kappa shape index (κ3) is 4.27. The van der Waals surface area contributed by atoms with Gasteiger partial charge in [0, 0.05) is 17.1 Å². The molecule has 0 saturated carbocycles. The summed E-state index contributed by atoms with van der Waals surface area (Å²) in [7, 11) is 1.81. The molecule has 1 N–H and O–H groups in total. The molecule has 0 aliphatic rings. The molecule has 3 aromatic rings. The van der Waals surface area contributed by atoms with Crippen molar-refractivity contribution >= 4 is 39.9 Å². The maximum absolute atomic E-state index is 12.3. The summed E-state index contributed by atoms with van der Waals surface area (Å²) in [5.74, 6) is 0.464. The first-order valence-electron chi connectivity index (χ1n) is 8.27. The number of furan rings is 1. The average Bonchev–Trinajstić information content (AvgIpc) is 3.06. The molecule has 0 fully saturated rings. The molecule has 1 unspecified atom stereocenters. The second-order valence-electron chi connectivity index (χ2n) is 6.25. The molecule has 0 spiro atoms. The first kappa shape index (κ1) is 18.9. The fourth-order valence-electron chi connectivity index (χ4n) is 2.72. The van der Waals surface area contributed by atoms with Gasteiger partial charge in [-0.15, -0.1) is 0 Å². The van der Waals surface area contributed by atoms with Crippen molar-refractivity contribution in [2.45, 2.75) is 13.0 Å². The van der Waals surface area contributed by atoms with E-state index in [1.54, 1.807) is 0 Å². The van der Waals surface area contributed by atoms with Gasteiger partial charge in [0.1, 0.15) is 16.4 Å². The van der Waals surface area contributed by atoms with Gasteiger partial charge in [0.15, 0.2) is 0 Å². The number of likely N-dealkylation sites (N-methyl/N-ethyl adjacent to an activating group) is 1. The molecule has 0 bridgehead atoms. The summed E-state index contributed by atoms with van der Waals surface area (Å²) in [6, 6.07) is 13.7. The number of halogens is 1. The van der Waals surface area contributed by atoms with Crippen molar-refractivity contribution in [1.29, 1.82) is 0 Å². The van der Waals surface area contributed by atoms with Crippen LogP contribution < -0.4 is 5.32 Å². The van der Waals surface area contributed by atoms with Gasteiger partial charge in [-0.2, -0.15) is 0 Å². The summed E-state index contributed by atoms with van der Waals surface area (Å²) in [4.78, 5) is 24.5. The van der Waals surface area contributed by atoms with E-state index in [4.69, 9.17) is 16.0 Å². The van der Waals surface area contributed by atoms with Gasteiger partial charge in [0.05, 0.1) is 17.5 Å². The Labute approximate surface area is 160 Å². The summed E-state index contributed by atoms with van der Waals surface area (Å²) in [6.45, 7) is 2.03. The van der Waals surface area contributed by atoms with Crippen LogP contribution in [0.15, 0.2) is 52.9 Å². The highest BCUT2D eigenvalue weighted by Gasteiger charge is 2.19. The molecule has 1 atom stereocenters. The number of carbonyl (C=O) groups excluding carboxylic acids is 1. The molecule has 0 saturated heterocycles. The average molecular weight is 388 g/mol. The predicted octanol–water partition coefficient (Wildman–Crippen LogP) is 4.63. The Morgan fingerprint density at radius 1 is 1.30 bits per heavy atom. The van der Waals surface area contributed by atoms with E-state index in [1.165, 1.54) is 18.2 Å². The number of anilines is 1. The molecule has 27 heavy (non-hydrogen) atoms. The lowest BCUT2D eigenvalue weighted by Crippen LogP contribution is -2.32. The molecular formula is C19H18ClN3O4. The van der Waals surface area contributed by atoms with E-state index in [9.17, 15) is 14.9 Å². The van der Waals surface area contributed by atoms with Gasteiger partial charge in [-0.25, -0.2) is 0 Å². The molecule has 1 amide bonds. The molecule has 0 radical (unpaired) electrons. The number of amides is 1. The van der Waals surface area contributed by atoms with Crippen molar-refractivity contribution in [2.24, 2.45) is 0 Å². The van der Waals surface area contributed by atoms with Crippen molar-refractivity contribution in [1.82, 2.24) is 4.90 Å². The number of fused-ring (bicyclic) bond motifs is 1. The van der Waals surface area contributed by atoms with Gasteiger partial charge in [0.2, 0.25) is 5.91 Å². The largest absolute Gasteiger partial charge is 0.459 e. The number of nitrogens with one attached hydrogen (secondary N) is 1. The monoisotopic (exact) mass is 387 g/mol. The second kappa shape index (κ2) is 7.77. The SMILES string of the molecule is CC(c1cc2ccccc2o1)N(C)CC(=O)Nc1ccc(Cl)c([N+](=O)[O-])c1. The molecule has 140 valence electrons. The zero-order chi connectivity index (χ0) is 19.6. The van der Waals surface area contributed by atoms with Crippen LogP contribution in [0.2, 0.25) is 5.02 Å². The van der Waals surface area contributed by atoms with Crippen LogP contribution in [0.25, 0.3) is 11.0 Å². The number of nitrogens with zero attached hydrogens (tertiary/aromatic N) is 2. The number of para-hydroxylation sites is 1. The van der Waals surface area contributed by atoms with Crippen molar-refractivity contribution in [3.05, 3.63) is 69.4 Å². The van der Waals surface area contributed by atoms with Crippen molar-refractivity contribution in [3.8, 4) is 0 Å². The minimum absolute atomic E-state index is 0.0219. The smallest absolute Gasteiger partial charge is 0.289 e. The van der Waals surface area contributed by atoms with Gasteiger partial charge >= 0.3 is 0 Å². The summed E-state index contributed by atoms with van der Waals surface area (Å²) in [6.07, 6.45) is 0. The minimum Gasteiger partial charge on any atom is -0.459 e. The van der Waals surface area contributed by atoms with E-state index in [0.717, 1.165) is 16.7 Å². The van der Waals surface area contributed by atoms with Crippen LogP contribution in [0.5, 0.6) is 0 Å². The summed E-state index contributed by atoms with van der Waals surface area (Å²) in [5.41, 5.74) is 0.866. The highest BCUT2D eigenvalue weighted by atomic mass is 35.5. The topological polar surface area (TPSA) is 88.6 Å². The fourth-order valence-corrected chi connectivity index (χ4v) is 2.91. The molecule has 8 heteroatoms. The Bertz CT molecular complexity index is 969. The number of nitro benzene ring substituents is 1. The number of hydrogen-bond donors (Lipinski definition) is 1. The molecule has 3 rings (SSSR count). The molecule has 0 aliphatic carbocycles. The van der Waals surface area contributed by atoms with Crippen molar-refractivity contribution in [2.75, 3.05) is 18.9 Å². The van der Waals surface area contributed by atoms with E-state index in [1.807, 2.05) is 49.2 Å². The molecule has 1 aromatic heterocycles. The van der Waals surface area contributed by atoms with Gasteiger partial charge in [-0.3, -0.25) is 19.8 Å². The van der Waals surface area contributed by atoms with Gasteiger partial charge in [-0.1, -0.05) is 29.8 Å². The highest BCUT2D eigenvalue weighted by molar-refractivity contribution is 6.32. The molecule has 2 aromatic carbocycles. The third-order valence-electron chi connectivity index (χ3n) is 4.34. The molecular weight excluding hydrogens is 370 g/mol. The quantitative estimate of drug-likeness (QED) is 0.492.